The van der Waals surface area contributed by atoms with Gasteiger partial charge in [0.1, 0.15) is 0 Å². The number of benzene rings is 1. The first-order chi connectivity index (χ1) is 6.38. The lowest BCUT2D eigenvalue weighted by Gasteiger charge is -2.16. The van der Waals surface area contributed by atoms with Crippen LogP contribution in [0, 0.1) is 0 Å². The zero-order valence-electron chi connectivity index (χ0n) is 8.29. The number of hydrogen-bond acceptors (Lipinski definition) is 2. The van der Waals surface area contributed by atoms with Crippen LogP contribution in [0.3, 0.4) is 0 Å². The van der Waals surface area contributed by atoms with Gasteiger partial charge in [0.2, 0.25) is 0 Å². The Hall–Kier alpha value is -0.860. The van der Waals surface area contributed by atoms with Gasteiger partial charge in [0, 0.05) is 0 Å². The van der Waals surface area contributed by atoms with Crippen molar-refractivity contribution in [2.75, 3.05) is 6.61 Å². The highest BCUT2D eigenvalue weighted by Gasteiger charge is 2.06. The molecule has 0 unspecified atom stereocenters. The molecule has 2 nitrogen and oxygen atoms in total. The topological polar surface area (TPSA) is 21.3 Å². The van der Waals surface area contributed by atoms with E-state index < -0.39 is 0 Å². The molecule has 0 fully saturated rings. The van der Waals surface area contributed by atoms with Gasteiger partial charge in [-0.25, -0.2) is 0 Å². The minimum atomic E-state index is 0.307. The molecule has 1 N–H and O–H groups in total. The van der Waals surface area contributed by atoms with E-state index in [1.807, 2.05) is 25.1 Å². The molecule has 13 heavy (non-hydrogen) atoms. The van der Waals surface area contributed by atoms with Crippen molar-refractivity contribution >= 4 is 0 Å². The monoisotopic (exact) mass is 179 g/mol. The summed E-state index contributed by atoms with van der Waals surface area (Å²) < 4.78 is 0. The average Bonchev–Trinajstić information content (AvgIpc) is 2.21. The Bertz CT molecular complexity index is 223. The summed E-state index contributed by atoms with van der Waals surface area (Å²) in [6, 6.07) is 10.6. The fraction of sp³-hybridized carbons (Fsp3) is 0.455. The molecule has 0 aromatic heterocycles. The highest BCUT2D eigenvalue weighted by molar-refractivity contribution is 5.18. The predicted molar refractivity (Wildman–Crippen MR) is 54.2 cm³/mol. The minimum Gasteiger partial charge on any atom is -0.302 e. The second-order valence-corrected chi connectivity index (χ2v) is 2.92. The van der Waals surface area contributed by atoms with Crippen molar-refractivity contribution in [3.05, 3.63) is 35.9 Å². The maximum absolute atomic E-state index is 5.19. The summed E-state index contributed by atoms with van der Waals surface area (Å²) >= 11 is 0. The smallest absolute Gasteiger partial charge is 0.0654 e. The molecule has 72 valence electrons. The standard InChI is InChI=1S/C11H17NO/c1-3-11(12-13-4-2)10-8-6-5-7-9-10/h5-9,11-12H,3-4H2,1-2H3/t11-/m0/s1. The van der Waals surface area contributed by atoms with Gasteiger partial charge in [0.25, 0.3) is 0 Å². The highest BCUT2D eigenvalue weighted by atomic mass is 16.6. The Morgan fingerprint density at radius 2 is 1.92 bits per heavy atom. The molecule has 0 saturated carbocycles. The first-order valence-electron chi connectivity index (χ1n) is 4.80. The molecule has 0 radical (unpaired) electrons. The fourth-order valence-corrected chi connectivity index (χ4v) is 1.26. The van der Waals surface area contributed by atoms with Crippen molar-refractivity contribution in [1.82, 2.24) is 5.48 Å². The molecule has 1 atom stereocenters. The van der Waals surface area contributed by atoms with E-state index in [0.29, 0.717) is 12.6 Å². The van der Waals surface area contributed by atoms with E-state index in [9.17, 15) is 0 Å². The van der Waals surface area contributed by atoms with Gasteiger partial charge >= 0.3 is 0 Å². The molecule has 0 aliphatic heterocycles. The van der Waals surface area contributed by atoms with Crippen LogP contribution in [-0.2, 0) is 4.84 Å². The van der Waals surface area contributed by atoms with Crippen LogP contribution >= 0.6 is 0 Å². The third-order valence-corrected chi connectivity index (χ3v) is 1.98. The molecular weight excluding hydrogens is 162 g/mol. The molecule has 0 amide bonds. The Balaban J connectivity index is 2.56. The van der Waals surface area contributed by atoms with E-state index in [-0.39, 0.29) is 0 Å². The Morgan fingerprint density at radius 1 is 1.23 bits per heavy atom. The molecule has 0 spiro atoms. The molecule has 1 aromatic rings. The fourth-order valence-electron chi connectivity index (χ4n) is 1.26. The zero-order valence-corrected chi connectivity index (χ0v) is 8.29. The molecule has 0 aliphatic carbocycles. The normalized spacial score (nSPS) is 12.8. The van der Waals surface area contributed by atoms with Crippen LogP contribution in [0.5, 0.6) is 0 Å². The molecule has 0 bridgehead atoms. The summed E-state index contributed by atoms with van der Waals surface area (Å²) in [6.45, 7) is 4.82. The van der Waals surface area contributed by atoms with Gasteiger partial charge < -0.3 is 4.84 Å². The Morgan fingerprint density at radius 3 is 2.46 bits per heavy atom. The zero-order chi connectivity index (χ0) is 9.52. The molecular formula is C11H17NO. The summed E-state index contributed by atoms with van der Waals surface area (Å²) in [5, 5.41) is 0. The quantitative estimate of drug-likeness (QED) is 0.702. The highest BCUT2D eigenvalue weighted by Crippen LogP contribution is 2.15. The molecule has 0 heterocycles. The van der Waals surface area contributed by atoms with Crippen molar-refractivity contribution in [2.24, 2.45) is 0 Å². The van der Waals surface area contributed by atoms with Gasteiger partial charge in [0.05, 0.1) is 12.6 Å². The first kappa shape index (κ1) is 10.2. The molecule has 2 heteroatoms. The second-order valence-electron chi connectivity index (χ2n) is 2.92. The van der Waals surface area contributed by atoms with Gasteiger partial charge in [0.15, 0.2) is 0 Å². The van der Waals surface area contributed by atoms with Crippen molar-refractivity contribution in [3.63, 3.8) is 0 Å². The molecule has 1 aromatic carbocycles. The molecule has 0 aliphatic rings. The Labute approximate surface area is 79.9 Å². The van der Waals surface area contributed by atoms with Crippen LogP contribution < -0.4 is 5.48 Å². The SMILES string of the molecule is CCON[C@@H](CC)c1ccccc1. The lowest BCUT2D eigenvalue weighted by molar-refractivity contribution is 0.0230. The van der Waals surface area contributed by atoms with Crippen molar-refractivity contribution in [1.29, 1.82) is 0 Å². The van der Waals surface area contributed by atoms with E-state index in [1.165, 1.54) is 5.56 Å². The third-order valence-electron chi connectivity index (χ3n) is 1.98. The maximum Gasteiger partial charge on any atom is 0.0654 e. The van der Waals surface area contributed by atoms with Crippen LogP contribution in [0.4, 0.5) is 0 Å². The van der Waals surface area contributed by atoms with E-state index in [1.54, 1.807) is 0 Å². The molecule has 1 rings (SSSR count). The molecule has 0 saturated heterocycles. The summed E-state index contributed by atoms with van der Waals surface area (Å²) in [5.74, 6) is 0. The number of nitrogens with one attached hydrogen (secondary N) is 1. The van der Waals surface area contributed by atoms with Crippen LogP contribution in [0.15, 0.2) is 30.3 Å². The number of hydroxylamine groups is 1. The minimum absolute atomic E-state index is 0.307. The van der Waals surface area contributed by atoms with Gasteiger partial charge in [-0.2, -0.15) is 5.48 Å². The van der Waals surface area contributed by atoms with Gasteiger partial charge in [-0.15, -0.1) is 0 Å². The summed E-state index contributed by atoms with van der Waals surface area (Å²) in [6.07, 6.45) is 1.03. The van der Waals surface area contributed by atoms with Crippen LogP contribution in [0.2, 0.25) is 0 Å². The number of rotatable bonds is 5. The predicted octanol–water partition coefficient (Wildman–Crippen LogP) is 2.68. The van der Waals surface area contributed by atoms with Crippen molar-refractivity contribution in [3.8, 4) is 0 Å². The lowest BCUT2D eigenvalue weighted by Crippen LogP contribution is -2.20. The van der Waals surface area contributed by atoms with E-state index in [0.717, 1.165) is 6.42 Å². The average molecular weight is 179 g/mol. The van der Waals surface area contributed by atoms with Crippen LogP contribution in [0.1, 0.15) is 31.9 Å². The first-order valence-corrected chi connectivity index (χ1v) is 4.80. The second kappa shape index (κ2) is 5.73. The summed E-state index contributed by atoms with van der Waals surface area (Å²) in [4.78, 5) is 5.19. The summed E-state index contributed by atoms with van der Waals surface area (Å²) in [7, 11) is 0. The van der Waals surface area contributed by atoms with Crippen molar-refractivity contribution < 1.29 is 4.84 Å². The van der Waals surface area contributed by atoms with Crippen molar-refractivity contribution in [2.45, 2.75) is 26.3 Å². The Kier molecular flexibility index (Phi) is 4.50. The van der Waals surface area contributed by atoms with Gasteiger partial charge in [-0.05, 0) is 18.9 Å². The lowest BCUT2D eigenvalue weighted by atomic mass is 10.1. The van der Waals surface area contributed by atoms with Crippen LogP contribution in [0.25, 0.3) is 0 Å². The largest absolute Gasteiger partial charge is 0.302 e. The van der Waals surface area contributed by atoms with E-state index in [4.69, 9.17) is 4.84 Å². The number of hydrogen-bond donors (Lipinski definition) is 1. The van der Waals surface area contributed by atoms with Gasteiger partial charge in [-0.3, -0.25) is 0 Å². The van der Waals surface area contributed by atoms with Crippen LogP contribution in [-0.4, -0.2) is 6.61 Å². The third kappa shape index (κ3) is 3.17. The van der Waals surface area contributed by atoms with E-state index >= 15 is 0 Å². The van der Waals surface area contributed by atoms with E-state index in [2.05, 4.69) is 24.5 Å². The van der Waals surface area contributed by atoms with Gasteiger partial charge in [-0.1, -0.05) is 37.3 Å². The summed E-state index contributed by atoms with van der Waals surface area (Å²) in [5.41, 5.74) is 4.31. The maximum atomic E-state index is 5.19.